The normalized spacial score (nSPS) is 14.1. The van der Waals surface area contributed by atoms with Crippen LogP contribution in [0.5, 0.6) is 0 Å². The SMILES string of the molecule is C=C[Si](C)(C)O[Si](C)(C)O[Si](CC)(CC)O[Si](C)(C)C=C. The molecule has 0 aromatic heterocycles. The molecule has 0 aliphatic carbocycles. The van der Waals surface area contributed by atoms with Gasteiger partial charge in [0.25, 0.3) is 0 Å². The zero-order chi connectivity index (χ0) is 16.9. The standard InChI is InChI=1S/C14H34O3Si4/c1-11-18(5,6)15-20(9,10)17-21(13-3,14-4)16-19(7,8)12-2/h11-12H,1-2,13-14H2,3-10H3. The van der Waals surface area contributed by atoms with Crippen LogP contribution in [0.2, 0.25) is 51.4 Å². The zero-order valence-electron chi connectivity index (χ0n) is 15.2. The Hall–Kier alpha value is 0.228. The van der Waals surface area contributed by atoms with Gasteiger partial charge in [0.15, 0.2) is 16.6 Å². The summed E-state index contributed by atoms with van der Waals surface area (Å²) in [6.07, 6.45) is 0. The Morgan fingerprint density at radius 2 is 1.10 bits per heavy atom. The molecule has 0 aliphatic rings. The minimum atomic E-state index is -2.23. The van der Waals surface area contributed by atoms with Crippen molar-refractivity contribution in [3.8, 4) is 0 Å². The van der Waals surface area contributed by atoms with Crippen LogP contribution in [0.25, 0.3) is 0 Å². The molecule has 0 heterocycles. The van der Waals surface area contributed by atoms with E-state index in [4.69, 9.17) is 12.3 Å². The van der Waals surface area contributed by atoms with Gasteiger partial charge < -0.3 is 12.3 Å². The third kappa shape index (κ3) is 7.36. The second-order valence-corrected chi connectivity index (χ2v) is 22.7. The lowest BCUT2D eigenvalue weighted by molar-refractivity contribution is 0.321. The summed E-state index contributed by atoms with van der Waals surface area (Å²) in [5.74, 6) is 0. The van der Waals surface area contributed by atoms with Crippen LogP contribution >= 0.6 is 0 Å². The Bertz CT molecular complexity index is 363. The smallest absolute Gasteiger partial charge is 0.318 e. The van der Waals surface area contributed by atoms with Gasteiger partial charge >= 0.3 is 17.1 Å². The van der Waals surface area contributed by atoms with E-state index in [1.807, 2.05) is 11.4 Å². The first-order valence-electron chi connectivity index (χ1n) is 7.74. The second kappa shape index (κ2) is 7.67. The van der Waals surface area contributed by atoms with Crippen molar-refractivity contribution in [1.82, 2.24) is 0 Å². The lowest BCUT2D eigenvalue weighted by Gasteiger charge is -2.42. The summed E-state index contributed by atoms with van der Waals surface area (Å²) >= 11 is 0. The van der Waals surface area contributed by atoms with E-state index in [1.54, 1.807) is 0 Å². The van der Waals surface area contributed by atoms with Crippen LogP contribution in [-0.4, -0.2) is 33.8 Å². The molecule has 0 saturated carbocycles. The van der Waals surface area contributed by atoms with Gasteiger partial charge in [-0.25, -0.2) is 0 Å². The van der Waals surface area contributed by atoms with Gasteiger partial charge in [-0.3, -0.25) is 0 Å². The first-order chi connectivity index (χ1) is 9.36. The molecule has 0 aromatic rings. The van der Waals surface area contributed by atoms with Crippen LogP contribution in [0.1, 0.15) is 13.8 Å². The minimum Gasteiger partial charge on any atom is -0.433 e. The fourth-order valence-corrected chi connectivity index (χ4v) is 19.3. The molecule has 0 atom stereocenters. The summed E-state index contributed by atoms with van der Waals surface area (Å²) in [4.78, 5) is 0. The van der Waals surface area contributed by atoms with Gasteiger partial charge in [-0.1, -0.05) is 25.2 Å². The van der Waals surface area contributed by atoms with Crippen molar-refractivity contribution in [2.75, 3.05) is 0 Å². The molecule has 0 amide bonds. The fourth-order valence-electron chi connectivity index (χ4n) is 2.22. The molecular weight excluding hydrogens is 328 g/mol. The van der Waals surface area contributed by atoms with Crippen LogP contribution in [-0.2, 0) is 12.3 Å². The lowest BCUT2D eigenvalue weighted by atomic mass is 10.9. The third-order valence-corrected chi connectivity index (χ3v) is 18.7. The predicted octanol–water partition coefficient (Wildman–Crippen LogP) is 5.08. The molecule has 0 aromatic carbocycles. The van der Waals surface area contributed by atoms with Gasteiger partial charge in [0, 0.05) is 0 Å². The molecular formula is C14H34O3Si4. The molecule has 0 aliphatic heterocycles. The van der Waals surface area contributed by atoms with Crippen molar-refractivity contribution in [3.63, 3.8) is 0 Å². The largest absolute Gasteiger partial charge is 0.433 e. The van der Waals surface area contributed by atoms with Crippen molar-refractivity contribution in [2.45, 2.75) is 65.2 Å². The molecule has 3 nitrogen and oxygen atoms in total. The van der Waals surface area contributed by atoms with E-state index in [-0.39, 0.29) is 0 Å². The number of hydrogen-bond donors (Lipinski definition) is 0. The Morgan fingerprint density at radius 3 is 1.43 bits per heavy atom. The first-order valence-corrected chi connectivity index (χ1v) is 18.8. The summed E-state index contributed by atoms with van der Waals surface area (Å²) < 4.78 is 19.5. The van der Waals surface area contributed by atoms with E-state index < -0.39 is 33.8 Å². The Labute approximate surface area is 136 Å². The second-order valence-electron chi connectivity index (χ2n) is 6.94. The van der Waals surface area contributed by atoms with Gasteiger partial charge in [0.05, 0.1) is 0 Å². The van der Waals surface area contributed by atoms with Crippen LogP contribution in [0.4, 0.5) is 0 Å². The summed E-state index contributed by atoms with van der Waals surface area (Å²) in [5.41, 5.74) is 3.96. The average Bonchev–Trinajstić information content (AvgIpc) is 2.36. The highest BCUT2D eigenvalue weighted by Crippen LogP contribution is 2.29. The molecule has 0 radical (unpaired) electrons. The van der Waals surface area contributed by atoms with Gasteiger partial charge in [-0.05, 0) is 51.4 Å². The zero-order valence-corrected chi connectivity index (χ0v) is 19.2. The van der Waals surface area contributed by atoms with Gasteiger partial charge in [0.1, 0.15) is 0 Å². The molecule has 0 bridgehead atoms. The molecule has 0 N–H and O–H groups in total. The van der Waals surface area contributed by atoms with Gasteiger partial charge in [-0.15, -0.1) is 13.2 Å². The molecule has 0 fully saturated rings. The van der Waals surface area contributed by atoms with E-state index >= 15 is 0 Å². The van der Waals surface area contributed by atoms with E-state index in [0.29, 0.717) is 0 Å². The topological polar surface area (TPSA) is 27.7 Å². The molecule has 0 spiro atoms. The summed E-state index contributed by atoms with van der Waals surface area (Å²) in [6, 6.07) is 1.90. The van der Waals surface area contributed by atoms with E-state index in [1.165, 1.54) is 0 Å². The lowest BCUT2D eigenvalue weighted by Crippen LogP contribution is -2.58. The summed E-state index contributed by atoms with van der Waals surface area (Å²) in [7, 11) is -8.18. The molecule has 0 unspecified atom stereocenters. The van der Waals surface area contributed by atoms with E-state index in [0.717, 1.165) is 12.1 Å². The maximum atomic E-state index is 6.61. The molecule has 0 saturated heterocycles. The van der Waals surface area contributed by atoms with Crippen molar-refractivity contribution >= 4 is 33.8 Å². The van der Waals surface area contributed by atoms with Crippen molar-refractivity contribution in [2.24, 2.45) is 0 Å². The van der Waals surface area contributed by atoms with Gasteiger partial charge in [0.2, 0.25) is 0 Å². The van der Waals surface area contributed by atoms with Gasteiger partial charge in [-0.2, -0.15) is 0 Å². The summed E-state index contributed by atoms with van der Waals surface area (Å²) in [5, 5.41) is 0. The highest BCUT2D eigenvalue weighted by Gasteiger charge is 2.46. The molecule has 124 valence electrons. The summed E-state index contributed by atoms with van der Waals surface area (Å²) in [6.45, 7) is 25.1. The quantitative estimate of drug-likeness (QED) is 0.507. The van der Waals surface area contributed by atoms with Crippen molar-refractivity contribution in [1.29, 1.82) is 0 Å². The molecule has 21 heavy (non-hydrogen) atoms. The van der Waals surface area contributed by atoms with E-state index in [9.17, 15) is 0 Å². The van der Waals surface area contributed by atoms with Crippen molar-refractivity contribution < 1.29 is 12.3 Å². The van der Waals surface area contributed by atoms with Crippen LogP contribution in [0.15, 0.2) is 24.6 Å². The van der Waals surface area contributed by atoms with Crippen LogP contribution in [0.3, 0.4) is 0 Å². The maximum absolute atomic E-state index is 6.61. The first kappa shape index (κ1) is 21.2. The minimum absolute atomic E-state index is 0.948. The van der Waals surface area contributed by atoms with Crippen molar-refractivity contribution in [3.05, 3.63) is 24.6 Å². The maximum Gasteiger partial charge on any atom is 0.318 e. The monoisotopic (exact) mass is 362 g/mol. The average molecular weight is 363 g/mol. The predicted molar refractivity (Wildman–Crippen MR) is 103 cm³/mol. The Morgan fingerprint density at radius 1 is 0.714 bits per heavy atom. The Kier molecular flexibility index (Phi) is 7.75. The number of rotatable bonds is 10. The highest BCUT2D eigenvalue weighted by atomic mass is 28.5. The van der Waals surface area contributed by atoms with Crippen LogP contribution < -0.4 is 0 Å². The number of hydrogen-bond acceptors (Lipinski definition) is 3. The third-order valence-electron chi connectivity index (χ3n) is 3.45. The highest BCUT2D eigenvalue weighted by molar-refractivity contribution is 6.92. The van der Waals surface area contributed by atoms with Crippen LogP contribution in [0, 0.1) is 0 Å². The Balaban J connectivity index is 5.23. The molecule has 0 rings (SSSR count). The van der Waals surface area contributed by atoms with E-state index in [2.05, 4.69) is 66.3 Å². The molecule has 7 heteroatoms. The fraction of sp³-hybridized carbons (Fsp3) is 0.714.